The molecule has 0 aliphatic rings. The first kappa shape index (κ1) is 13.6. The molecule has 0 saturated carbocycles. The van der Waals surface area contributed by atoms with Gasteiger partial charge in [-0.25, -0.2) is 0 Å². The molecule has 0 amide bonds. The lowest BCUT2D eigenvalue weighted by Gasteiger charge is -2.08. The summed E-state index contributed by atoms with van der Waals surface area (Å²) in [4.78, 5) is 11.3. The molecular weight excluding hydrogens is 178 g/mol. The fourth-order valence-electron chi connectivity index (χ4n) is 1.24. The molecule has 0 fully saturated rings. The first-order valence-electron chi connectivity index (χ1n) is 5.50. The second-order valence-electron chi connectivity index (χ2n) is 3.81. The van der Waals surface area contributed by atoms with Crippen LogP contribution in [0, 0.1) is 5.92 Å². The Morgan fingerprint density at radius 3 is 2.71 bits per heavy atom. The van der Waals surface area contributed by atoms with Gasteiger partial charge in [0.15, 0.2) is 5.78 Å². The Balaban J connectivity index is 3.34. The minimum absolute atomic E-state index is 0.210. The van der Waals surface area contributed by atoms with E-state index in [1.54, 1.807) is 0 Å². The lowest BCUT2D eigenvalue weighted by Crippen LogP contribution is -2.12. The van der Waals surface area contributed by atoms with Crippen LogP contribution in [0.5, 0.6) is 0 Å². The Hall–Kier alpha value is -0.410. The van der Waals surface area contributed by atoms with Crippen LogP contribution in [0.25, 0.3) is 0 Å². The van der Waals surface area contributed by atoms with E-state index >= 15 is 0 Å². The van der Waals surface area contributed by atoms with Crippen LogP contribution in [0.3, 0.4) is 0 Å². The summed E-state index contributed by atoms with van der Waals surface area (Å²) >= 11 is 0. The predicted octanol–water partition coefficient (Wildman–Crippen LogP) is 1.75. The molecule has 84 valence electrons. The Bertz CT molecular complexity index is 148. The number of nitrogens with two attached hydrogens (primary N) is 1. The molecule has 0 spiro atoms. The molecule has 0 heterocycles. The Labute approximate surface area is 87.0 Å². The monoisotopic (exact) mass is 201 g/mol. The molecule has 0 aromatic heterocycles. The van der Waals surface area contributed by atoms with Gasteiger partial charge in [-0.1, -0.05) is 13.8 Å². The topological polar surface area (TPSA) is 52.3 Å². The summed E-state index contributed by atoms with van der Waals surface area (Å²) in [5.74, 6) is 0.762. The molecule has 14 heavy (non-hydrogen) atoms. The van der Waals surface area contributed by atoms with Crippen LogP contribution in [0.1, 0.15) is 39.5 Å². The SMILES string of the molecule is CCCOCC(=O)CCC(C)CCN. The van der Waals surface area contributed by atoms with Crippen LogP contribution >= 0.6 is 0 Å². The van der Waals surface area contributed by atoms with E-state index < -0.39 is 0 Å². The molecule has 1 atom stereocenters. The highest BCUT2D eigenvalue weighted by atomic mass is 16.5. The molecule has 0 aromatic rings. The third kappa shape index (κ3) is 8.20. The van der Waals surface area contributed by atoms with Gasteiger partial charge in [-0.2, -0.15) is 0 Å². The van der Waals surface area contributed by atoms with E-state index in [0.717, 1.165) is 19.3 Å². The number of rotatable bonds is 9. The lowest BCUT2D eigenvalue weighted by molar-refractivity contribution is -0.123. The number of hydrogen-bond acceptors (Lipinski definition) is 3. The average molecular weight is 201 g/mol. The van der Waals surface area contributed by atoms with Gasteiger partial charge in [0.1, 0.15) is 6.61 Å². The number of carbonyl (C=O) groups is 1. The Morgan fingerprint density at radius 1 is 1.43 bits per heavy atom. The van der Waals surface area contributed by atoms with E-state index in [-0.39, 0.29) is 12.4 Å². The predicted molar refractivity (Wildman–Crippen MR) is 58.2 cm³/mol. The maximum absolute atomic E-state index is 11.3. The largest absolute Gasteiger partial charge is 0.374 e. The highest BCUT2D eigenvalue weighted by Crippen LogP contribution is 2.09. The van der Waals surface area contributed by atoms with Gasteiger partial charge in [0.05, 0.1) is 0 Å². The van der Waals surface area contributed by atoms with E-state index in [1.165, 1.54) is 0 Å². The first-order chi connectivity index (χ1) is 6.70. The van der Waals surface area contributed by atoms with Gasteiger partial charge in [0.2, 0.25) is 0 Å². The van der Waals surface area contributed by atoms with Gasteiger partial charge in [0, 0.05) is 13.0 Å². The second kappa shape index (κ2) is 9.16. The molecule has 0 rings (SSSR count). The molecule has 3 nitrogen and oxygen atoms in total. The first-order valence-corrected chi connectivity index (χ1v) is 5.50. The van der Waals surface area contributed by atoms with Crippen LogP contribution in [-0.4, -0.2) is 25.5 Å². The molecule has 3 heteroatoms. The van der Waals surface area contributed by atoms with Crippen molar-refractivity contribution in [3.05, 3.63) is 0 Å². The van der Waals surface area contributed by atoms with Crippen molar-refractivity contribution >= 4 is 5.78 Å². The van der Waals surface area contributed by atoms with Crippen LogP contribution in [0.2, 0.25) is 0 Å². The van der Waals surface area contributed by atoms with Crippen LogP contribution < -0.4 is 5.73 Å². The number of Topliss-reactive ketones (excluding diaryl/α,β-unsaturated/α-hetero) is 1. The molecule has 0 bridgehead atoms. The zero-order chi connectivity index (χ0) is 10.8. The summed E-state index contributed by atoms with van der Waals surface area (Å²) in [5, 5.41) is 0. The molecule has 0 saturated heterocycles. The van der Waals surface area contributed by atoms with Crippen molar-refractivity contribution in [1.29, 1.82) is 0 Å². The molecule has 2 N–H and O–H groups in total. The van der Waals surface area contributed by atoms with Crippen LogP contribution in [0.4, 0.5) is 0 Å². The molecule has 0 aliphatic carbocycles. The third-order valence-corrected chi connectivity index (χ3v) is 2.19. The van der Waals surface area contributed by atoms with Gasteiger partial charge in [-0.15, -0.1) is 0 Å². The second-order valence-corrected chi connectivity index (χ2v) is 3.81. The Morgan fingerprint density at radius 2 is 2.14 bits per heavy atom. The third-order valence-electron chi connectivity index (χ3n) is 2.19. The zero-order valence-electron chi connectivity index (χ0n) is 9.42. The molecule has 0 radical (unpaired) electrons. The summed E-state index contributed by atoms with van der Waals surface area (Å²) in [6.07, 6.45) is 3.54. The quantitative estimate of drug-likeness (QED) is 0.578. The maximum atomic E-state index is 11.3. The smallest absolute Gasteiger partial charge is 0.158 e. The fraction of sp³-hybridized carbons (Fsp3) is 0.909. The summed E-state index contributed by atoms with van der Waals surface area (Å²) in [5.41, 5.74) is 5.42. The summed E-state index contributed by atoms with van der Waals surface area (Å²) in [7, 11) is 0. The van der Waals surface area contributed by atoms with Crippen LogP contribution in [0.15, 0.2) is 0 Å². The molecule has 0 aromatic carbocycles. The standard InChI is InChI=1S/C11H23NO2/c1-3-8-14-9-11(13)5-4-10(2)6-7-12/h10H,3-9,12H2,1-2H3. The summed E-state index contributed by atoms with van der Waals surface area (Å²) in [6, 6.07) is 0. The maximum Gasteiger partial charge on any atom is 0.158 e. The highest BCUT2D eigenvalue weighted by molar-refractivity contribution is 5.79. The lowest BCUT2D eigenvalue weighted by atomic mass is 10.0. The van der Waals surface area contributed by atoms with E-state index in [0.29, 0.717) is 25.5 Å². The van der Waals surface area contributed by atoms with Gasteiger partial charge in [0.25, 0.3) is 0 Å². The van der Waals surface area contributed by atoms with Crippen molar-refractivity contribution in [2.24, 2.45) is 11.7 Å². The van der Waals surface area contributed by atoms with Crippen molar-refractivity contribution in [1.82, 2.24) is 0 Å². The van der Waals surface area contributed by atoms with Gasteiger partial charge in [-0.05, 0) is 31.7 Å². The van der Waals surface area contributed by atoms with E-state index in [9.17, 15) is 4.79 Å². The van der Waals surface area contributed by atoms with Crippen molar-refractivity contribution in [2.75, 3.05) is 19.8 Å². The Kier molecular flexibility index (Phi) is 8.89. The van der Waals surface area contributed by atoms with E-state index in [4.69, 9.17) is 10.5 Å². The van der Waals surface area contributed by atoms with Crippen molar-refractivity contribution < 1.29 is 9.53 Å². The summed E-state index contributed by atoms with van der Waals surface area (Å²) in [6.45, 7) is 5.84. The number of hydrogen-bond donors (Lipinski definition) is 1. The normalized spacial score (nSPS) is 12.8. The van der Waals surface area contributed by atoms with E-state index in [2.05, 4.69) is 6.92 Å². The zero-order valence-corrected chi connectivity index (χ0v) is 9.42. The minimum atomic E-state index is 0.210. The van der Waals surface area contributed by atoms with Crippen LogP contribution in [-0.2, 0) is 9.53 Å². The van der Waals surface area contributed by atoms with Crippen molar-refractivity contribution in [3.8, 4) is 0 Å². The summed E-state index contributed by atoms with van der Waals surface area (Å²) < 4.78 is 5.16. The number of ether oxygens (including phenoxy) is 1. The van der Waals surface area contributed by atoms with E-state index in [1.807, 2.05) is 6.92 Å². The van der Waals surface area contributed by atoms with Crippen molar-refractivity contribution in [2.45, 2.75) is 39.5 Å². The minimum Gasteiger partial charge on any atom is -0.374 e. The molecule has 0 aliphatic heterocycles. The highest BCUT2D eigenvalue weighted by Gasteiger charge is 2.06. The fourth-order valence-corrected chi connectivity index (χ4v) is 1.24. The number of carbonyl (C=O) groups excluding carboxylic acids is 1. The molecular formula is C11H23NO2. The number of ketones is 1. The average Bonchev–Trinajstić information content (AvgIpc) is 2.16. The van der Waals surface area contributed by atoms with Gasteiger partial charge in [-0.3, -0.25) is 4.79 Å². The molecule has 1 unspecified atom stereocenters. The van der Waals surface area contributed by atoms with Gasteiger partial charge >= 0.3 is 0 Å². The van der Waals surface area contributed by atoms with Gasteiger partial charge < -0.3 is 10.5 Å². The van der Waals surface area contributed by atoms with Crippen molar-refractivity contribution in [3.63, 3.8) is 0 Å².